The SMILES string of the molecule is CN1CCN(C2CCN(C3CCN(c4c(S(=O)(=O)c5ccc(O)c(F)c5)cnc5ccc([S@@](C)=O)cc45)CC3)CC2)CC1. The Labute approximate surface area is 255 Å². The molecular weight excluding hydrogens is 590 g/mol. The fraction of sp³-hybridized carbons (Fsp3) is 0.516. The van der Waals surface area contributed by atoms with Crippen molar-refractivity contribution in [2.45, 2.75) is 52.5 Å². The number of rotatable bonds is 6. The van der Waals surface area contributed by atoms with Crippen LogP contribution in [0.25, 0.3) is 10.9 Å². The van der Waals surface area contributed by atoms with Crippen LogP contribution in [-0.4, -0.2) is 115 Å². The number of benzene rings is 2. The van der Waals surface area contributed by atoms with Crippen molar-refractivity contribution < 1.29 is 22.1 Å². The minimum Gasteiger partial charge on any atom is -0.505 e. The summed E-state index contributed by atoms with van der Waals surface area (Å²) in [5, 5.41) is 10.3. The second-order valence-corrected chi connectivity index (χ2v) is 15.3. The lowest BCUT2D eigenvalue weighted by atomic mass is 9.96. The molecule has 3 aromatic rings. The smallest absolute Gasteiger partial charge is 0.210 e. The molecule has 3 aliphatic rings. The minimum absolute atomic E-state index is 0.0180. The van der Waals surface area contributed by atoms with Crippen molar-refractivity contribution in [1.82, 2.24) is 19.7 Å². The zero-order valence-corrected chi connectivity index (χ0v) is 26.4. The number of phenols is 1. The van der Waals surface area contributed by atoms with Crippen molar-refractivity contribution in [3.63, 3.8) is 0 Å². The van der Waals surface area contributed by atoms with Crippen molar-refractivity contribution in [2.75, 3.05) is 70.6 Å². The number of sulfone groups is 1. The average Bonchev–Trinajstić information content (AvgIpc) is 3.02. The first-order chi connectivity index (χ1) is 20.6. The van der Waals surface area contributed by atoms with Crippen LogP contribution in [0.15, 0.2) is 57.3 Å². The van der Waals surface area contributed by atoms with Crippen LogP contribution in [-0.2, 0) is 20.6 Å². The quantitative estimate of drug-likeness (QED) is 0.441. The van der Waals surface area contributed by atoms with E-state index in [1.165, 1.54) is 25.1 Å². The van der Waals surface area contributed by atoms with Crippen LogP contribution in [0.4, 0.5) is 10.1 Å². The standard InChI is InChI=1S/C31H40FN5O4S2/c1-34-15-17-36(18-16-34)23-7-11-35(12-8-23)22-9-13-37(14-10-22)31-26-19-24(42(2)39)3-5-28(26)33-21-30(31)43(40,41)25-4-6-29(38)27(32)20-25/h3-6,19-23,38H,7-18H2,1-2H3/t42-/m1/s1. The Bertz CT molecular complexity index is 1610. The number of anilines is 1. The Morgan fingerprint density at radius 3 is 2.14 bits per heavy atom. The third-order valence-corrected chi connectivity index (χ3v) is 12.1. The summed E-state index contributed by atoms with van der Waals surface area (Å²) in [7, 11) is -3.26. The number of halogens is 1. The zero-order valence-electron chi connectivity index (χ0n) is 24.8. The monoisotopic (exact) mass is 629 g/mol. The maximum atomic E-state index is 14.3. The molecule has 2 aromatic carbocycles. The maximum absolute atomic E-state index is 14.3. The lowest BCUT2D eigenvalue weighted by molar-refractivity contribution is 0.0495. The molecule has 12 heteroatoms. The molecule has 3 aliphatic heterocycles. The Kier molecular flexibility index (Phi) is 8.76. The van der Waals surface area contributed by atoms with Gasteiger partial charge < -0.3 is 19.8 Å². The van der Waals surface area contributed by atoms with E-state index in [1.54, 1.807) is 24.5 Å². The summed E-state index contributed by atoms with van der Waals surface area (Å²) in [5.41, 5.74) is 1.12. The molecule has 4 heterocycles. The zero-order chi connectivity index (χ0) is 30.3. The highest BCUT2D eigenvalue weighted by Crippen LogP contribution is 2.39. The molecule has 0 bridgehead atoms. The van der Waals surface area contributed by atoms with Gasteiger partial charge in [0.25, 0.3) is 0 Å². The Morgan fingerprint density at radius 1 is 0.884 bits per heavy atom. The molecule has 43 heavy (non-hydrogen) atoms. The molecule has 0 spiro atoms. The molecule has 0 amide bonds. The highest BCUT2D eigenvalue weighted by atomic mass is 32.2. The number of pyridine rings is 1. The maximum Gasteiger partial charge on any atom is 0.210 e. The van der Waals surface area contributed by atoms with Crippen molar-refractivity contribution in [3.05, 3.63) is 48.4 Å². The van der Waals surface area contributed by atoms with Gasteiger partial charge >= 0.3 is 0 Å². The summed E-state index contributed by atoms with van der Waals surface area (Å²) < 4.78 is 54.5. The van der Waals surface area contributed by atoms with E-state index in [1.807, 2.05) is 0 Å². The predicted molar refractivity (Wildman–Crippen MR) is 166 cm³/mol. The summed E-state index contributed by atoms with van der Waals surface area (Å²) >= 11 is 0. The highest BCUT2D eigenvalue weighted by molar-refractivity contribution is 7.91. The highest BCUT2D eigenvalue weighted by Gasteiger charge is 2.34. The van der Waals surface area contributed by atoms with Crippen molar-refractivity contribution in [1.29, 1.82) is 0 Å². The van der Waals surface area contributed by atoms with Crippen LogP contribution in [0.5, 0.6) is 5.75 Å². The van der Waals surface area contributed by atoms with E-state index in [0.717, 1.165) is 64.2 Å². The summed E-state index contributed by atoms with van der Waals surface area (Å²) in [4.78, 5) is 14.5. The summed E-state index contributed by atoms with van der Waals surface area (Å²) in [5.74, 6) is -1.61. The van der Waals surface area contributed by atoms with Crippen LogP contribution < -0.4 is 4.90 Å². The largest absolute Gasteiger partial charge is 0.505 e. The van der Waals surface area contributed by atoms with Crippen molar-refractivity contribution in [3.8, 4) is 5.75 Å². The average molecular weight is 630 g/mol. The first-order valence-electron chi connectivity index (χ1n) is 15.0. The number of aromatic hydroxyl groups is 1. The van der Waals surface area contributed by atoms with Gasteiger partial charge in [0.15, 0.2) is 11.6 Å². The van der Waals surface area contributed by atoms with Gasteiger partial charge in [-0.25, -0.2) is 12.8 Å². The van der Waals surface area contributed by atoms with Crippen LogP contribution in [0.3, 0.4) is 0 Å². The van der Waals surface area contributed by atoms with Gasteiger partial charge in [-0.2, -0.15) is 0 Å². The number of fused-ring (bicyclic) bond motifs is 1. The van der Waals surface area contributed by atoms with E-state index >= 15 is 0 Å². The molecule has 1 atom stereocenters. The molecule has 0 aliphatic carbocycles. The van der Waals surface area contributed by atoms with Gasteiger partial charge in [-0.15, -0.1) is 0 Å². The minimum atomic E-state index is -4.19. The van der Waals surface area contributed by atoms with Gasteiger partial charge in [0, 0.05) is 84.9 Å². The van der Waals surface area contributed by atoms with Crippen LogP contribution in [0.1, 0.15) is 25.7 Å². The molecule has 232 valence electrons. The van der Waals surface area contributed by atoms with E-state index in [2.05, 4.69) is 31.6 Å². The number of piperazine rings is 1. The number of piperidine rings is 2. The van der Waals surface area contributed by atoms with Crippen molar-refractivity contribution >= 4 is 37.2 Å². The van der Waals surface area contributed by atoms with E-state index in [4.69, 9.17) is 0 Å². The number of likely N-dealkylation sites (N-methyl/N-ethyl adjacent to an activating group) is 1. The van der Waals surface area contributed by atoms with Crippen LogP contribution >= 0.6 is 0 Å². The number of likely N-dealkylation sites (tertiary alicyclic amines) is 1. The third kappa shape index (κ3) is 6.17. The fourth-order valence-electron chi connectivity index (χ4n) is 6.88. The summed E-state index contributed by atoms with van der Waals surface area (Å²) in [6, 6.07) is 9.46. The number of hydrogen-bond donors (Lipinski definition) is 1. The number of aromatic nitrogens is 1. The summed E-state index contributed by atoms with van der Waals surface area (Å²) in [6.45, 7) is 8.05. The normalized spacial score (nSPS) is 21.4. The molecule has 6 rings (SSSR count). The predicted octanol–water partition coefficient (Wildman–Crippen LogP) is 3.33. The Hall–Kier alpha value is -2.64. The van der Waals surface area contributed by atoms with Gasteiger partial charge in [0.2, 0.25) is 9.84 Å². The molecule has 3 saturated heterocycles. The van der Waals surface area contributed by atoms with E-state index < -0.39 is 32.2 Å². The molecule has 1 aromatic heterocycles. The molecule has 0 saturated carbocycles. The third-order valence-electron chi connectivity index (χ3n) is 9.48. The van der Waals surface area contributed by atoms with E-state index in [9.17, 15) is 22.1 Å². The second kappa shape index (κ2) is 12.4. The van der Waals surface area contributed by atoms with Gasteiger partial charge in [-0.05, 0) is 82.2 Å². The first-order valence-corrected chi connectivity index (χ1v) is 18.1. The van der Waals surface area contributed by atoms with Gasteiger partial charge in [0.05, 0.1) is 16.1 Å². The Morgan fingerprint density at radius 2 is 1.51 bits per heavy atom. The van der Waals surface area contributed by atoms with E-state index in [-0.39, 0.29) is 9.79 Å². The lowest BCUT2D eigenvalue weighted by Crippen LogP contribution is -2.54. The number of nitrogens with zero attached hydrogens (tertiary/aromatic N) is 5. The molecule has 0 unspecified atom stereocenters. The second-order valence-electron chi connectivity index (χ2n) is 12.0. The lowest BCUT2D eigenvalue weighted by Gasteiger charge is -2.46. The fourth-order valence-corrected chi connectivity index (χ4v) is 8.87. The molecule has 9 nitrogen and oxygen atoms in total. The van der Waals surface area contributed by atoms with Gasteiger partial charge in [-0.1, -0.05) is 0 Å². The Balaban J connectivity index is 1.25. The first kappa shape index (κ1) is 30.4. The van der Waals surface area contributed by atoms with Crippen LogP contribution in [0.2, 0.25) is 0 Å². The number of phenolic OH excluding ortho intramolecular Hbond substituents is 1. The van der Waals surface area contributed by atoms with Gasteiger partial charge in [-0.3, -0.25) is 14.1 Å². The number of hydrogen-bond acceptors (Lipinski definition) is 9. The van der Waals surface area contributed by atoms with Crippen molar-refractivity contribution in [2.24, 2.45) is 0 Å². The van der Waals surface area contributed by atoms with Gasteiger partial charge in [0.1, 0.15) is 4.90 Å². The molecule has 1 N–H and O–H groups in total. The topological polar surface area (TPSA) is 97.3 Å². The van der Waals surface area contributed by atoms with Crippen LogP contribution in [0, 0.1) is 5.82 Å². The molecule has 3 fully saturated rings. The van der Waals surface area contributed by atoms with E-state index in [0.29, 0.717) is 46.7 Å². The molecular formula is C31H40FN5O4S2. The summed E-state index contributed by atoms with van der Waals surface area (Å²) in [6.07, 6.45) is 7.09. The molecule has 0 radical (unpaired) electrons.